The van der Waals surface area contributed by atoms with Crippen LogP contribution in [-0.4, -0.2) is 24.1 Å². The zero-order chi connectivity index (χ0) is 14.5. The van der Waals surface area contributed by atoms with Crippen LogP contribution in [0.3, 0.4) is 0 Å². The molecule has 5 nitrogen and oxygen atoms in total. The Kier molecular flexibility index (Phi) is 4.40. The third-order valence-electron chi connectivity index (χ3n) is 3.08. The average molecular weight is 272 g/mol. The Balaban J connectivity index is 2.25. The van der Waals surface area contributed by atoms with Crippen LogP contribution in [0.15, 0.2) is 30.6 Å². The first-order valence-electron chi connectivity index (χ1n) is 6.59. The maximum Gasteiger partial charge on any atom is 0.204 e. The van der Waals surface area contributed by atoms with Crippen LogP contribution in [0.25, 0.3) is 0 Å². The van der Waals surface area contributed by atoms with Crippen LogP contribution >= 0.6 is 0 Å². The molecule has 1 heterocycles. The first-order valence-corrected chi connectivity index (χ1v) is 6.59. The molecule has 106 valence electrons. The van der Waals surface area contributed by atoms with Crippen molar-refractivity contribution in [3.8, 4) is 5.75 Å². The van der Waals surface area contributed by atoms with Gasteiger partial charge < -0.3 is 15.4 Å². The molecule has 20 heavy (non-hydrogen) atoms. The lowest BCUT2D eigenvalue weighted by Gasteiger charge is -2.13. The van der Waals surface area contributed by atoms with Crippen molar-refractivity contribution >= 4 is 17.3 Å². The third-order valence-corrected chi connectivity index (χ3v) is 3.08. The highest BCUT2D eigenvalue weighted by Gasteiger charge is 2.11. The van der Waals surface area contributed by atoms with Gasteiger partial charge in [-0.2, -0.15) is 0 Å². The second-order valence-corrected chi connectivity index (χ2v) is 4.76. The van der Waals surface area contributed by atoms with E-state index in [0.717, 1.165) is 5.69 Å². The molecular weight excluding hydrogens is 252 g/mol. The lowest BCUT2D eigenvalue weighted by atomic mass is 10.0. The fourth-order valence-electron chi connectivity index (χ4n) is 1.92. The highest BCUT2D eigenvalue weighted by molar-refractivity contribution is 5.69. The van der Waals surface area contributed by atoms with Gasteiger partial charge in [0.2, 0.25) is 5.75 Å². The molecule has 0 saturated heterocycles. The topological polar surface area (TPSA) is 59.1 Å². The summed E-state index contributed by atoms with van der Waals surface area (Å²) in [5, 5.41) is 6.23. The number of nitrogens with one attached hydrogen (secondary N) is 2. The summed E-state index contributed by atoms with van der Waals surface area (Å²) in [7, 11) is 3.40. The van der Waals surface area contributed by atoms with Gasteiger partial charge in [0.1, 0.15) is 6.33 Å². The van der Waals surface area contributed by atoms with E-state index in [1.807, 2.05) is 12.1 Å². The molecule has 1 aromatic carbocycles. The van der Waals surface area contributed by atoms with E-state index in [1.54, 1.807) is 14.2 Å². The van der Waals surface area contributed by atoms with E-state index in [0.29, 0.717) is 23.3 Å². The summed E-state index contributed by atoms with van der Waals surface area (Å²) in [4.78, 5) is 8.34. The van der Waals surface area contributed by atoms with Crippen LogP contribution < -0.4 is 15.4 Å². The Morgan fingerprint density at radius 2 is 1.70 bits per heavy atom. The number of anilines is 3. The fourth-order valence-corrected chi connectivity index (χ4v) is 1.92. The molecule has 0 unspecified atom stereocenters. The Morgan fingerprint density at radius 1 is 1.05 bits per heavy atom. The summed E-state index contributed by atoms with van der Waals surface area (Å²) in [6.07, 6.45) is 1.50. The molecule has 0 atom stereocenters. The van der Waals surface area contributed by atoms with Gasteiger partial charge in [0.05, 0.1) is 7.11 Å². The minimum absolute atomic E-state index is 0.522. The first-order chi connectivity index (χ1) is 9.65. The van der Waals surface area contributed by atoms with Gasteiger partial charge in [0.15, 0.2) is 11.6 Å². The number of ether oxygens (including phenoxy) is 1. The standard InChI is InChI=1S/C15H20N4O/c1-10(2)11-5-7-12(8-6-11)19-15-13(20-4)14(16-3)17-9-18-15/h5-10H,1-4H3,(H2,16,17,18,19). The molecule has 0 radical (unpaired) electrons. The maximum atomic E-state index is 5.35. The normalized spacial score (nSPS) is 10.4. The molecule has 0 aliphatic carbocycles. The van der Waals surface area contributed by atoms with Crippen molar-refractivity contribution < 1.29 is 4.74 Å². The smallest absolute Gasteiger partial charge is 0.204 e. The molecule has 5 heteroatoms. The predicted octanol–water partition coefficient (Wildman–Crippen LogP) is 3.39. The molecule has 0 aliphatic rings. The second kappa shape index (κ2) is 6.23. The molecule has 0 amide bonds. The maximum absolute atomic E-state index is 5.35. The van der Waals surface area contributed by atoms with E-state index in [2.05, 4.69) is 46.6 Å². The Morgan fingerprint density at radius 3 is 2.25 bits per heavy atom. The summed E-state index contributed by atoms with van der Waals surface area (Å²) in [5.74, 6) is 2.42. The largest absolute Gasteiger partial charge is 0.490 e. The highest BCUT2D eigenvalue weighted by atomic mass is 16.5. The summed E-state index contributed by atoms with van der Waals surface area (Å²) >= 11 is 0. The van der Waals surface area contributed by atoms with Crippen molar-refractivity contribution in [3.63, 3.8) is 0 Å². The van der Waals surface area contributed by atoms with Crippen molar-refractivity contribution in [3.05, 3.63) is 36.2 Å². The SMILES string of the molecule is CNc1ncnc(Nc2ccc(C(C)C)cc2)c1OC. The number of aromatic nitrogens is 2. The summed E-state index contributed by atoms with van der Waals surface area (Å²) < 4.78 is 5.35. The van der Waals surface area contributed by atoms with Gasteiger partial charge in [-0.15, -0.1) is 0 Å². The molecule has 0 saturated carbocycles. The molecule has 0 aliphatic heterocycles. The molecule has 2 rings (SSSR count). The van der Waals surface area contributed by atoms with Crippen molar-refractivity contribution in [2.24, 2.45) is 0 Å². The highest BCUT2D eigenvalue weighted by Crippen LogP contribution is 2.31. The van der Waals surface area contributed by atoms with Crippen molar-refractivity contribution in [1.29, 1.82) is 0 Å². The molecule has 0 spiro atoms. The van der Waals surface area contributed by atoms with E-state index < -0.39 is 0 Å². The summed E-state index contributed by atoms with van der Waals surface area (Å²) in [6, 6.07) is 8.30. The second-order valence-electron chi connectivity index (χ2n) is 4.76. The Hall–Kier alpha value is -2.30. The molecular formula is C15H20N4O. The van der Waals surface area contributed by atoms with Crippen molar-refractivity contribution in [2.45, 2.75) is 19.8 Å². The minimum Gasteiger partial charge on any atom is -0.490 e. The molecule has 2 N–H and O–H groups in total. The van der Waals surface area contributed by atoms with Gasteiger partial charge >= 0.3 is 0 Å². The van der Waals surface area contributed by atoms with Crippen LogP contribution in [0, 0.1) is 0 Å². The zero-order valence-electron chi connectivity index (χ0n) is 12.3. The van der Waals surface area contributed by atoms with Crippen LogP contribution in [0.5, 0.6) is 5.75 Å². The summed E-state index contributed by atoms with van der Waals surface area (Å²) in [5.41, 5.74) is 2.27. The fraction of sp³-hybridized carbons (Fsp3) is 0.333. The number of methoxy groups -OCH3 is 1. The van der Waals surface area contributed by atoms with E-state index >= 15 is 0 Å². The predicted molar refractivity (Wildman–Crippen MR) is 81.9 cm³/mol. The van der Waals surface area contributed by atoms with Gasteiger partial charge in [-0.25, -0.2) is 9.97 Å². The quantitative estimate of drug-likeness (QED) is 0.873. The van der Waals surface area contributed by atoms with E-state index in [4.69, 9.17) is 4.74 Å². The summed E-state index contributed by atoms with van der Waals surface area (Å²) in [6.45, 7) is 4.35. The zero-order valence-corrected chi connectivity index (χ0v) is 12.3. The number of hydrogen-bond acceptors (Lipinski definition) is 5. The van der Waals surface area contributed by atoms with E-state index in [1.165, 1.54) is 11.9 Å². The Labute approximate surface area is 119 Å². The Bertz CT molecular complexity index is 567. The number of nitrogens with zero attached hydrogens (tertiary/aromatic N) is 2. The van der Waals surface area contributed by atoms with Crippen molar-refractivity contribution in [2.75, 3.05) is 24.8 Å². The average Bonchev–Trinajstić information content (AvgIpc) is 2.47. The van der Waals surface area contributed by atoms with Crippen LogP contribution in [-0.2, 0) is 0 Å². The number of benzene rings is 1. The van der Waals surface area contributed by atoms with Crippen LogP contribution in [0.4, 0.5) is 17.3 Å². The molecule has 0 bridgehead atoms. The minimum atomic E-state index is 0.522. The number of hydrogen-bond donors (Lipinski definition) is 2. The molecule has 0 fully saturated rings. The van der Waals surface area contributed by atoms with Gasteiger partial charge in [-0.05, 0) is 23.6 Å². The first kappa shape index (κ1) is 14.1. The lowest BCUT2D eigenvalue weighted by Crippen LogP contribution is -2.03. The molecule has 2 aromatic rings. The van der Waals surface area contributed by atoms with Gasteiger partial charge in [-0.1, -0.05) is 26.0 Å². The van der Waals surface area contributed by atoms with Crippen molar-refractivity contribution in [1.82, 2.24) is 9.97 Å². The third kappa shape index (κ3) is 2.99. The van der Waals surface area contributed by atoms with Crippen LogP contribution in [0.2, 0.25) is 0 Å². The van der Waals surface area contributed by atoms with Gasteiger partial charge in [-0.3, -0.25) is 0 Å². The van der Waals surface area contributed by atoms with E-state index in [9.17, 15) is 0 Å². The number of rotatable bonds is 5. The van der Waals surface area contributed by atoms with E-state index in [-0.39, 0.29) is 0 Å². The molecule has 1 aromatic heterocycles. The van der Waals surface area contributed by atoms with Crippen LogP contribution in [0.1, 0.15) is 25.3 Å². The van der Waals surface area contributed by atoms with Gasteiger partial charge in [0.25, 0.3) is 0 Å². The monoisotopic (exact) mass is 272 g/mol. The lowest BCUT2D eigenvalue weighted by molar-refractivity contribution is 0.415. The van der Waals surface area contributed by atoms with Gasteiger partial charge in [0, 0.05) is 12.7 Å².